The summed E-state index contributed by atoms with van der Waals surface area (Å²) in [5.74, 6) is 0. The Kier molecular flexibility index (Phi) is 5.12. The number of fused-ring (bicyclic) bond motifs is 9. The van der Waals surface area contributed by atoms with Crippen molar-refractivity contribution in [2.45, 2.75) is 19.3 Å². The van der Waals surface area contributed by atoms with Crippen molar-refractivity contribution >= 4 is 54.3 Å². The van der Waals surface area contributed by atoms with E-state index in [-0.39, 0.29) is 5.41 Å². The Morgan fingerprint density at radius 2 is 0.935 bits per heavy atom. The van der Waals surface area contributed by atoms with E-state index in [1.807, 2.05) is 6.07 Å². The highest BCUT2D eigenvalue weighted by Crippen LogP contribution is 2.53. The van der Waals surface area contributed by atoms with E-state index in [1.54, 1.807) is 0 Å². The molecule has 0 bridgehead atoms. The molecule has 1 nitrogen and oxygen atoms in total. The Morgan fingerprint density at radius 3 is 1.63 bits per heavy atom. The second-order valence-corrected chi connectivity index (χ2v) is 13.3. The summed E-state index contributed by atoms with van der Waals surface area (Å²) >= 11 is 0. The minimum atomic E-state index is -0.111. The molecule has 1 aliphatic rings. The molecule has 10 rings (SSSR count). The van der Waals surface area contributed by atoms with Crippen LogP contribution in [0, 0.1) is 0 Å². The molecule has 216 valence electrons. The highest BCUT2D eigenvalue weighted by atomic mass is 16.3. The zero-order valence-corrected chi connectivity index (χ0v) is 25.8. The molecule has 8 aromatic carbocycles. The van der Waals surface area contributed by atoms with Crippen molar-refractivity contribution in [2.24, 2.45) is 0 Å². The summed E-state index contributed by atoms with van der Waals surface area (Å²) in [6, 6.07) is 53.5. The van der Waals surface area contributed by atoms with E-state index < -0.39 is 0 Å². The fourth-order valence-corrected chi connectivity index (χ4v) is 8.22. The van der Waals surface area contributed by atoms with Gasteiger partial charge >= 0.3 is 0 Å². The number of benzene rings is 8. The summed E-state index contributed by atoms with van der Waals surface area (Å²) in [4.78, 5) is 0. The fourth-order valence-electron chi connectivity index (χ4n) is 8.22. The second kappa shape index (κ2) is 9.19. The third-order valence-electron chi connectivity index (χ3n) is 10.4. The monoisotopic (exact) mass is 586 g/mol. The Labute approximate surface area is 267 Å². The zero-order chi connectivity index (χ0) is 30.6. The second-order valence-electron chi connectivity index (χ2n) is 13.3. The first kappa shape index (κ1) is 25.6. The van der Waals surface area contributed by atoms with Crippen LogP contribution in [-0.2, 0) is 5.41 Å². The third-order valence-corrected chi connectivity index (χ3v) is 10.4. The Hall–Kier alpha value is -5.66. The zero-order valence-electron chi connectivity index (χ0n) is 25.8. The van der Waals surface area contributed by atoms with E-state index in [0.29, 0.717) is 0 Å². The first-order chi connectivity index (χ1) is 22.6. The van der Waals surface area contributed by atoms with Crippen LogP contribution < -0.4 is 0 Å². The van der Waals surface area contributed by atoms with Crippen LogP contribution in [0.4, 0.5) is 0 Å². The highest BCUT2D eigenvalue weighted by Gasteiger charge is 2.36. The van der Waals surface area contributed by atoms with Gasteiger partial charge in [0.15, 0.2) is 0 Å². The summed E-state index contributed by atoms with van der Waals surface area (Å²) < 4.78 is 6.37. The van der Waals surface area contributed by atoms with Crippen molar-refractivity contribution in [2.75, 3.05) is 0 Å². The van der Waals surface area contributed by atoms with Gasteiger partial charge in [0.25, 0.3) is 0 Å². The molecule has 0 radical (unpaired) electrons. The summed E-state index contributed by atoms with van der Waals surface area (Å²) in [5.41, 5.74) is 12.1. The topological polar surface area (TPSA) is 13.1 Å². The fraction of sp³-hybridized carbons (Fsp3) is 0.0667. The first-order valence-electron chi connectivity index (χ1n) is 16.1. The lowest BCUT2D eigenvalue weighted by molar-refractivity contribution is 0.658. The van der Waals surface area contributed by atoms with Crippen LogP contribution in [0.15, 0.2) is 150 Å². The van der Waals surface area contributed by atoms with Gasteiger partial charge in [-0.25, -0.2) is 0 Å². The number of furan rings is 1. The van der Waals surface area contributed by atoms with Crippen LogP contribution in [0.25, 0.3) is 87.6 Å². The van der Waals surface area contributed by atoms with E-state index >= 15 is 0 Å². The minimum absolute atomic E-state index is 0.111. The van der Waals surface area contributed by atoms with Gasteiger partial charge in [-0.1, -0.05) is 129 Å². The summed E-state index contributed by atoms with van der Waals surface area (Å²) in [5, 5.41) is 9.99. The van der Waals surface area contributed by atoms with Gasteiger partial charge in [-0.3, -0.25) is 0 Å². The summed E-state index contributed by atoms with van der Waals surface area (Å²) in [6.07, 6.45) is 0. The molecule has 9 aromatic rings. The number of hydrogen-bond acceptors (Lipinski definition) is 1. The lowest BCUT2D eigenvalue weighted by Crippen LogP contribution is -2.14. The molecule has 1 heteroatoms. The number of hydrogen-bond donors (Lipinski definition) is 0. The molecule has 1 heterocycles. The van der Waals surface area contributed by atoms with Crippen molar-refractivity contribution in [3.8, 4) is 33.4 Å². The van der Waals surface area contributed by atoms with Crippen molar-refractivity contribution < 1.29 is 4.42 Å². The molecule has 0 atom stereocenters. The van der Waals surface area contributed by atoms with Crippen molar-refractivity contribution in [1.82, 2.24) is 0 Å². The minimum Gasteiger partial charge on any atom is -0.456 e. The van der Waals surface area contributed by atoms with Gasteiger partial charge in [0, 0.05) is 16.2 Å². The molecule has 1 aliphatic carbocycles. The van der Waals surface area contributed by atoms with Gasteiger partial charge in [-0.2, -0.15) is 0 Å². The van der Waals surface area contributed by atoms with E-state index in [2.05, 4.69) is 153 Å². The predicted molar refractivity (Wildman–Crippen MR) is 195 cm³/mol. The predicted octanol–water partition coefficient (Wildman–Crippen LogP) is 12.7. The van der Waals surface area contributed by atoms with Crippen LogP contribution in [0.1, 0.15) is 25.0 Å². The molecule has 0 fully saturated rings. The van der Waals surface area contributed by atoms with Crippen LogP contribution in [0.3, 0.4) is 0 Å². The van der Waals surface area contributed by atoms with Gasteiger partial charge in [-0.05, 0) is 107 Å². The Balaban J connectivity index is 1.24. The van der Waals surface area contributed by atoms with Crippen LogP contribution in [0.2, 0.25) is 0 Å². The molecule has 46 heavy (non-hydrogen) atoms. The number of para-hydroxylation sites is 1. The molecule has 1 aromatic heterocycles. The van der Waals surface area contributed by atoms with Gasteiger partial charge in [0.05, 0.1) is 0 Å². The van der Waals surface area contributed by atoms with Crippen LogP contribution in [-0.4, -0.2) is 0 Å². The van der Waals surface area contributed by atoms with Crippen LogP contribution >= 0.6 is 0 Å². The van der Waals surface area contributed by atoms with Crippen molar-refractivity contribution in [1.29, 1.82) is 0 Å². The molecule has 0 saturated heterocycles. The van der Waals surface area contributed by atoms with Crippen molar-refractivity contribution in [3.05, 3.63) is 157 Å². The van der Waals surface area contributed by atoms with Crippen LogP contribution in [0.5, 0.6) is 0 Å². The van der Waals surface area contributed by atoms with E-state index in [0.717, 1.165) is 11.2 Å². The molecule has 0 saturated carbocycles. The standard InChI is InChI=1S/C45H30O/c1-45(2)39-22-21-30(24-36(39)37-26-42-38(25-40(37)45)31-13-9-10-18-41(31)46-42)44-34-16-7-5-14-32(34)43(33-15-6-8-17-35(33)44)29-20-19-27-11-3-4-12-28(27)23-29/h3-26H,1-2H3. The Morgan fingerprint density at radius 1 is 0.391 bits per heavy atom. The maximum atomic E-state index is 6.37. The highest BCUT2D eigenvalue weighted by molar-refractivity contribution is 6.22. The Bertz CT molecular complexity index is 2660. The van der Waals surface area contributed by atoms with Crippen molar-refractivity contribution in [3.63, 3.8) is 0 Å². The quantitative estimate of drug-likeness (QED) is 0.184. The smallest absolute Gasteiger partial charge is 0.136 e. The van der Waals surface area contributed by atoms with E-state index in [4.69, 9.17) is 4.42 Å². The average molecular weight is 587 g/mol. The molecular weight excluding hydrogens is 556 g/mol. The molecule has 0 amide bonds. The van der Waals surface area contributed by atoms with Gasteiger partial charge < -0.3 is 4.42 Å². The molecule has 0 spiro atoms. The molecule has 0 N–H and O–H groups in total. The number of rotatable bonds is 2. The average Bonchev–Trinajstić information content (AvgIpc) is 3.57. The van der Waals surface area contributed by atoms with E-state index in [1.165, 1.54) is 87.6 Å². The third kappa shape index (κ3) is 3.46. The SMILES string of the molecule is CC1(C)c2ccc(-c3c4ccccc4c(-c4ccc5ccccc5c4)c4ccccc34)cc2-c2cc3oc4ccccc4c3cc21. The first-order valence-corrected chi connectivity index (χ1v) is 16.1. The normalized spacial score (nSPS) is 13.6. The summed E-state index contributed by atoms with van der Waals surface area (Å²) in [7, 11) is 0. The lowest BCUT2D eigenvalue weighted by Gasteiger charge is -2.22. The molecule has 0 aliphatic heterocycles. The maximum Gasteiger partial charge on any atom is 0.136 e. The molecule has 0 unspecified atom stereocenters. The van der Waals surface area contributed by atoms with Gasteiger partial charge in [0.2, 0.25) is 0 Å². The maximum absolute atomic E-state index is 6.37. The van der Waals surface area contributed by atoms with Gasteiger partial charge in [0.1, 0.15) is 11.2 Å². The van der Waals surface area contributed by atoms with Gasteiger partial charge in [-0.15, -0.1) is 0 Å². The summed E-state index contributed by atoms with van der Waals surface area (Å²) in [6.45, 7) is 4.71. The van der Waals surface area contributed by atoms with E-state index in [9.17, 15) is 0 Å². The molecular formula is C45H30O. The lowest BCUT2D eigenvalue weighted by atomic mass is 9.81. The largest absolute Gasteiger partial charge is 0.456 e.